The number of rotatable bonds is 3. The monoisotopic (exact) mass is 276 g/mol. The summed E-state index contributed by atoms with van der Waals surface area (Å²) in [6.45, 7) is 1.97. The lowest BCUT2D eigenvalue weighted by molar-refractivity contribution is 0.0941. The number of carbonyl (C=O) groups excluding carboxylic acids is 1. The predicted octanol–water partition coefficient (Wildman–Crippen LogP) is 3.73. The third-order valence-electron chi connectivity index (χ3n) is 3.59. The smallest absolute Gasteiger partial charge is 0.252 e. The van der Waals surface area contributed by atoms with Gasteiger partial charge in [-0.05, 0) is 41.5 Å². The first-order valence-electron chi connectivity index (χ1n) is 6.94. The maximum Gasteiger partial charge on any atom is 0.252 e. The molecule has 3 aromatic rings. The molecule has 3 heteroatoms. The second-order valence-corrected chi connectivity index (χ2v) is 5.00. The molecule has 3 nitrogen and oxygen atoms in total. The van der Waals surface area contributed by atoms with E-state index in [2.05, 4.69) is 10.3 Å². The SMILES string of the molecule is CC(NC(=O)c1cccc2ccccc12)c1ccncc1. The zero-order valence-corrected chi connectivity index (χ0v) is 11.8. The number of benzene rings is 2. The van der Waals surface area contributed by atoms with Crippen LogP contribution in [0.2, 0.25) is 0 Å². The molecule has 1 atom stereocenters. The zero-order chi connectivity index (χ0) is 14.7. The third-order valence-corrected chi connectivity index (χ3v) is 3.59. The molecule has 0 radical (unpaired) electrons. The molecule has 0 fully saturated rings. The van der Waals surface area contributed by atoms with E-state index < -0.39 is 0 Å². The molecule has 0 aliphatic rings. The van der Waals surface area contributed by atoms with Gasteiger partial charge in [-0.2, -0.15) is 0 Å². The van der Waals surface area contributed by atoms with Gasteiger partial charge in [-0.15, -0.1) is 0 Å². The van der Waals surface area contributed by atoms with Crippen molar-refractivity contribution in [1.29, 1.82) is 0 Å². The Hall–Kier alpha value is -2.68. The summed E-state index contributed by atoms with van der Waals surface area (Å²) < 4.78 is 0. The van der Waals surface area contributed by atoms with E-state index in [1.165, 1.54) is 0 Å². The van der Waals surface area contributed by atoms with E-state index in [4.69, 9.17) is 0 Å². The molecule has 0 bridgehead atoms. The Morgan fingerprint density at radius 1 is 1.00 bits per heavy atom. The van der Waals surface area contributed by atoms with Gasteiger partial charge in [0.2, 0.25) is 0 Å². The minimum atomic E-state index is -0.0592. The number of pyridine rings is 1. The van der Waals surface area contributed by atoms with Gasteiger partial charge >= 0.3 is 0 Å². The Balaban J connectivity index is 1.88. The molecule has 0 aliphatic heterocycles. The van der Waals surface area contributed by atoms with Gasteiger partial charge in [-0.3, -0.25) is 9.78 Å². The van der Waals surface area contributed by atoms with Gasteiger partial charge in [-0.1, -0.05) is 36.4 Å². The highest BCUT2D eigenvalue weighted by molar-refractivity contribution is 6.07. The molecule has 1 aromatic heterocycles. The highest BCUT2D eigenvalue weighted by Gasteiger charge is 2.13. The fourth-order valence-corrected chi connectivity index (χ4v) is 2.43. The number of amides is 1. The van der Waals surface area contributed by atoms with Crippen molar-refractivity contribution in [1.82, 2.24) is 10.3 Å². The summed E-state index contributed by atoms with van der Waals surface area (Å²) in [6, 6.07) is 17.5. The molecule has 1 heterocycles. The van der Waals surface area contributed by atoms with Crippen LogP contribution < -0.4 is 5.32 Å². The van der Waals surface area contributed by atoms with E-state index in [0.717, 1.165) is 16.3 Å². The van der Waals surface area contributed by atoms with Crippen LogP contribution in [0.25, 0.3) is 10.8 Å². The molecule has 0 aliphatic carbocycles. The van der Waals surface area contributed by atoms with E-state index in [9.17, 15) is 4.79 Å². The van der Waals surface area contributed by atoms with Crippen molar-refractivity contribution in [3.63, 3.8) is 0 Å². The van der Waals surface area contributed by atoms with Crippen LogP contribution in [0, 0.1) is 0 Å². The maximum atomic E-state index is 12.5. The van der Waals surface area contributed by atoms with Crippen molar-refractivity contribution in [2.75, 3.05) is 0 Å². The minimum absolute atomic E-state index is 0.0560. The molecule has 104 valence electrons. The van der Waals surface area contributed by atoms with Gasteiger partial charge in [0, 0.05) is 18.0 Å². The number of fused-ring (bicyclic) bond motifs is 1. The van der Waals surface area contributed by atoms with Crippen molar-refractivity contribution in [3.05, 3.63) is 78.1 Å². The van der Waals surface area contributed by atoms with Gasteiger partial charge < -0.3 is 5.32 Å². The van der Waals surface area contributed by atoms with Crippen LogP contribution in [0.3, 0.4) is 0 Å². The topological polar surface area (TPSA) is 42.0 Å². The number of nitrogens with one attached hydrogen (secondary N) is 1. The average molecular weight is 276 g/mol. The van der Waals surface area contributed by atoms with Crippen LogP contribution in [0.1, 0.15) is 28.9 Å². The molecule has 1 amide bonds. The van der Waals surface area contributed by atoms with Crippen molar-refractivity contribution < 1.29 is 4.79 Å². The summed E-state index contributed by atoms with van der Waals surface area (Å²) in [5, 5.41) is 5.08. The van der Waals surface area contributed by atoms with Crippen LogP contribution in [0.15, 0.2) is 67.0 Å². The lowest BCUT2D eigenvalue weighted by Crippen LogP contribution is -2.26. The summed E-state index contributed by atoms with van der Waals surface area (Å²) in [4.78, 5) is 16.5. The summed E-state index contributed by atoms with van der Waals surface area (Å²) in [5.41, 5.74) is 1.74. The molecule has 2 aromatic carbocycles. The Morgan fingerprint density at radius 3 is 2.52 bits per heavy atom. The second kappa shape index (κ2) is 5.75. The van der Waals surface area contributed by atoms with Crippen molar-refractivity contribution in [2.24, 2.45) is 0 Å². The summed E-state index contributed by atoms with van der Waals surface area (Å²) in [6.07, 6.45) is 3.46. The zero-order valence-electron chi connectivity index (χ0n) is 11.8. The van der Waals surface area contributed by atoms with Gasteiger partial charge in [0.25, 0.3) is 5.91 Å². The maximum absolute atomic E-state index is 12.5. The molecule has 0 spiro atoms. The first-order chi connectivity index (χ1) is 10.3. The second-order valence-electron chi connectivity index (χ2n) is 5.00. The Kier molecular flexibility index (Phi) is 3.65. The number of hydrogen-bond donors (Lipinski definition) is 1. The number of nitrogens with zero attached hydrogens (tertiary/aromatic N) is 1. The van der Waals surface area contributed by atoms with Crippen molar-refractivity contribution in [3.8, 4) is 0 Å². The van der Waals surface area contributed by atoms with Crippen molar-refractivity contribution >= 4 is 16.7 Å². The molecule has 1 N–H and O–H groups in total. The summed E-state index contributed by atoms with van der Waals surface area (Å²) >= 11 is 0. The average Bonchev–Trinajstić information content (AvgIpc) is 2.55. The van der Waals surface area contributed by atoms with Gasteiger partial charge in [0.05, 0.1) is 6.04 Å². The van der Waals surface area contributed by atoms with Gasteiger partial charge in [0.1, 0.15) is 0 Å². The van der Waals surface area contributed by atoms with Crippen LogP contribution in [0.5, 0.6) is 0 Å². The van der Waals surface area contributed by atoms with E-state index in [1.807, 2.05) is 61.5 Å². The van der Waals surface area contributed by atoms with E-state index >= 15 is 0 Å². The number of hydrogen-bond acceptors (Lipinski definition) is 2. The minimum Gasteiger partial charge on any atom is -0.345 e. The third kappa shape index (κ3) is 2.77. The van der Waals surface area contributed by atoms with Gasteiger partial charge in [0.15, 0.2) is 0 Å². The highest BCUT2D eigenvalue weighted by atomic mass is 16.1. The predicted molar refractivity (Wildman–Crippen MR) is 84.1 cm³/mol. The fraction of sp³-hybridized carbons (Fsp3) is 0.111. The largest absolute Gasteiger partial charge is 0.345 e. The molecule has 0 saturated heterocycles. The summed E-state index contributed by atoms with van der Waals surface area (Å²) in [5.74, 6) is -0.0592. The van der Waals surface area contributed by atoms with Gasteiger partial charge in [-0.25, -0.2) is 0 Å². The van der Waals surface area contributed by atoms with E-state index in [-0.39, 0.29) is 11.9 Å². The van der Waals surface area contributed by atoms with E-state index in [1.54, 1.807) is 12.4 Å². The molecular formula is C18H16N2O. The first kappa shape index (κ1) is 13.3. The highest BCUT2D eigenvalue weighted by Crippen LogP contribution is 2.19. The lowest BCUT2D eigenvalue weighted by atomic mass is 10.0. The number of aromatic nitrogens is 1. The van der Waals surface area contributed by atoms with E-state index in [0.29, 0.717) is 5.56 Å². The standard InChI is InChI=1S/C18H16N2O/c1-13(14-9-11-19-12-10-14)20-18(21)17-8-4-6-15-5-2-3-7-16(15)17/h2-13H,1H3,(H,20,21). The lowest BCUT2D eigenvalue weighted by Gasteiger charge is -2.15. The molecule has 3 rings (SSSR count). The quantitative estimate of drug-likeness (QED) is 0.792. The molecule has 21 heavy (non-hydrogen) atoms. The first-order valence-corrected chi connectivity index (χ1v) is 6.94. The summed E-state index contributed by atoms with van der Waals surface area (Å²) in [7, 11) is 0. The fourth-order valence-electron chi connectivity index (χ4n) is 2.43. The molecule has 0 saturated carbocycles. The Morgan fingerprint density at radius 2 is 1.71 bits per heavy atom. The van der Waals surface area contributed by atoms with Crippen LogP contribution in [-0.2, 0) is 0 Å². The van der Waals surface area contributed by atoms with Crippen LogP contribution in [0.4, 0.5) is 0 Å². The molecule has 1 unspecified atom stereocenters. The van der Waals surface area contributed by atoms with Crippen molar-refractivity contribution in [2.45, 2.75) is 13.0 Å². The van der Waals surface area contributed by atoms with Crippen LogP contribution >= 0.6 is 0 Å². The number of carbonyl (C=O) groups is 1. The normalized spacial score (nSPS) is 12.0. The Bertz CT molecular complexity index is 763. The van der Waals surface area contributed by atoms with Crippen LogP contribution in [-0.4, -0.2) is 10.9 Å². The molecular weight excluding hydrogens is 260 g/mol. The Labute approximate surface area is 123 Å².